The smallest absolute Gasteiger partial charge is 0.167 e. The van der Waals surface area contributed by atoms with E-state index in [4.69, 9.17) is 9.15 Å². The van der Waals surface area contributed by atoms with E-state index in [-0.39, 0.29) is 17.8 Å². The van der Waals surface area contributed by atoms with Crippen LogP contribution in [0.1, 0.15) is 35.0 Å². The van der Waals surface area contributed by atoms with E-state index in [1.807, 2.05) is 26.0 Å². The highest BCUT2D eigenvalue weighted by atomic mass is 16.5. The molecule has 0 spiro atoms. The second kappa shape index (κ2) is 5.57. The second-order valence-corrected chi connectivity index (χ2v) is 5.22. The molecule has 1 aromatic heterocycles. The first-order valence-corrected chi connectivity index (χ1v) is 6.52. The Labute approximate surface area is 113 Å². The first-order valence-electron chi connectivity index (χ1n) is 6.52. The molecule has 102 valence electrons. The van der Waals surface area contributed by atoms with E-state index in [9.17, 15) is 4.79 Å². The molecule has 0 unspecified atom stereocenters. The third-order valence-electron chi connectivity index (χ3n) is 3.58. The number of furan rings is 1. The number of carbonyl (C=O) groups excluding carboxylic acids is 1. The molecule has 1 aliphatic rings. The molecule has 0 bridgehead atoms. The molecule has 1 aliphatic carbocycles. The van der Waals surface area contributed by atoms with Crippen molar-refractivity contribution in [2.75, 3.05) is 7.11 Å². The first kappa shape index (κ1) is 13.8. The molecule has 0 amide bonds. The predicted molar refractivity (Wildman–Crippen MR) is 74.3 cm³/mol. The summed E-state index contributed by atoms with van der Waals surface area (Å²) in [4.78, 5) is 12.4. The van der Waals surface area contributed by atoms with Gasteiger partial charge < -0.3 is 9.15 Å². The van der Waals surface area contributed by atoms with Gasteiger partial charge in [0.15, 0.2) is 5.78 Å². The summed E-state index contributed by atoms with van der Waals surface area (Å²) in [5.74, 6) is 0.973. The van der Waals surface area contributed by atoms with Gasteiger partial charge in [0.2, 0.25) is 0 Å². The van der Waals surface area contributed by atoms with Crippen LogP contribution in [-0.4, -0.2) is 19.0 Å². The summed E-state index contributed by atoms with van der Waals surface area (Å²) < 4.78 is 10.9. The average molecular weight is 260 g/mol. The van der Waals surface area contributed by atoms with Gasteiger partial charge in [0.1, 0.15) is 5.76 Å². The van der Waals surface area contributed by atoms with Gasteiger partial charge >= 0.3 is 0 Å². The fraction of sp³-hybridized carbons (Fsp3) is 0.438. The van der Waals surface area contributed by atoms with Crippen LogP contribution in [0.3, 0.4) is 0 Å². The van der Waals surface area contributed by atoms with E-state index < -0.39 is 0 Å². The zero-order valence-electron chi connectivity index (χ0n) is 11.7. The van der Waals surface area contributed by atoms with E-state index in [1.54, 1.807) is 13.4 Å². The molecule has 19 heavy (non-hydrogen) atoms. The monoisotopic (exact) mass is 260 g/mol. The minimum Gasteiger partial charge on any atom is -0.468 e. The highest BCUT2D eigenvalue weighted by molar-refractivity contribution is 5.98. The number of Topliss-reactive ketones (excluding diaryl/α,β-unsaturated/α-hetero) is 1. The Morgan fingerprint density at radius 1 is 1.47 bits per heavy atom. The standard InChI is InChI=1S/C16H20O3/c1-10-5-6-14(18-4)11(2)8-13(17)16-12(3)9-19-15(16)7-10/h5-6,9,11,14H,1,7-8H2,2-4H3/b6-5+/t11-,14-/m0/s1. The van der Waals surface area contributed by atoms with E-state index in [2.05, 4.69) is 6.58 Å². The minimum atomic E-state index is -0.0607. The van der Waals surface area contributed by atoms with Gasteiger partial charge in [0.05, 0.1) is 17.9 Å². The van der Waals surface area contributed by atoms with Crippen LogP contribution in [-0.2, 0) is 11.2 Å². The Kier molecular flexibility index (Phi) is 4.05. The van der Waals surface area contributed by atoms with Gasteiger partial charge in [-0.1, -0.05) is 25.7 Å². The number of carbonyl (C=O) groups is 1. The Morgan fingerprint density at radius 3 is 2.89 bits per heavy atom. The molecule has 0 saturated carbocycles. The third-order valence-corrected chi connectivity index (χ3v) is 3.58. The Balaban J connectivity index is 2.40. The molecule has 3 heteroatoms. The zero-order valence-corrected chi connectivity index (χ0v) is 11.7. The molecule has 1 aromatic rings. The maximum absolute atomic E-state index is 12.4. The number of methoxy groups -OCH3 is 1. The summed E-state index contributed by atoms with van der Waals surface area (Å²) in [6, 6.07) is 0. The molecule has 2 rings (SSSR count). The third kappa shape index (κ3) is 2.87. The van der Waals surface area contributed by atoms with Crippen molar-refractivity contribution in [3.05, 3.63) is 47.5 Å². The van der Waals surface area contributed by atoms with Crippen LogP contribution in [0, 0.1) is 12.8 Å². The lowest BCUT2D eigenvalue weighted by Gasteiger charge is -2.20. The molecule has 0 N–H and O–H groups in total. The predicted octanol–water partition coefficient (Wildman–Crippen LogP) is 3.48. The quantitative estimate of drug-likeness (QED) is 0.776. The van der Waals surface area contributed by atoms with Crippen LogP contribution in [0.2, 0.25) is 0 Å². The van der Waals surface area contributed by atoms with E-state index in [1.165, 1.54) is 0 Å². The van der Waals surface area contributed by atoms with Crippen LogP contribution in [0.5, 0.6) is 0 Å². The number of ketones is 1. The van der Waals surface area contributed by atoms with Crippen LogP contribution in [0.4, 0.5) is 0 Å². The summed E-state index contributed by atoms with van der Waals surface area (Å²) in [7, 11) is 1.67. The summed E-state index contributed by atoms with van der Waals surface area (Å²) in [5.41, 5.74) is 2.54. The van der Waals surface area contributed by atoms with Crippen molar-refractivity contribution in [1.29, 1.82) is 0 Å². The molecular formula is C16H20O3. The van der Waals surface area contributed by atoms with Gasteiger partial charge in [0.25, 0.3) is 0 Å². The maximum Gasteiger partial charge on any atom is 0.167 e. The number of hydrogen-bond acceptors (Lipinski definition) is 3. The number of fused-ring (bicyclic) bond motifs is 1. The molecule has 0 aliphatic heterocycles. The fourth-order valence-electron chi connectivity index (χ4n) is 2.51. The number of rotatable bonds is 1. The summed E-state index contributed by atoms with van der Waals surface area (Å²) in [5, 5.41) is 0. The van der Waals surface area contributed by atoms with Crippen molar-refractivity contribution in [3.8, 4) is 0 Å². The van der Waals surface area contributed by atoms with Crippen molar-refractivity contribution in [1.82, 2.24) is 0 Å². The SMILES string of the molecule is C=C1/C=C/[C@H](OC)[C@@H](C)CC(=O)c2c(C)coc2C1. The van der Waals surface area contributed by atoms with Gasteiger partial charge in [-0.15, -0.1) is 0 Å². The molecule has 0 saturated heterocycles. The zero-order chi connectivity index (χ0) is 14.0. The van der Waals surface area contributed by atoms with E-state index >= 15 is 0 Å². The average Bonchev–Trinajstić information content (AvgIpc) is 2.70. The van der Waals surface area contributed by atoms with E-state index in [0.29, 0.717) is 12.8 Å². The summed E-state index contributed by atoms with van der Waals surface area (Å²) in [6.45, 7) is 7.93. The van der Waals surface area contributed by atoms with E-state index in [0.717, 1.165) is 22.5 Å². The molecule has 2 atom stereocenters. The number of hydrogen-bond donors (Lipinski definition) is 0. The van der Waals surface area contributed by atoms with Crippen molar-refractivity contribution >= 4 is 5.78 Å². The Hall–Kier alpha value is -1.61. The first-order chi connectivity index (χ1) is 9.02. The van der Waals surface area contributed by atoms with Crippen molar-refractivity contribution in [2.24, 2.45) is 5.92 Å². The van der Waals surface area contributed by atoms with Gasteiger partial charge in [-0.3, -0.25) is 4.79 Å². The van der Waals surface area contributed by atoms with Crippen LogP contribution in [0.25, 0.3) is 0 Å². The number of allylic oxidation sites excluding steroid dienone is 2. The van der Waals surface area contributed by atoms with Crippen molar-refractivity contribution in [2.45, 2.75) is 32.8 Å². The fourth-order valence-corrected chi connectivity index (χ4v) is 2.51. The van der Waals surface area contributed by atoms with Crippen LogP contribution < -0.4 is 0 Å². The Bertz CT molecular complexity index is 522. The largest absolute Gasteiger partial charge is 0.468 e. The Morgan fingerprint density at radius 2 is 2.21 bits per heavy atom. The van der Waals surface area contributed by atoms with Crippen molar-refractivity contribution < 1.29 is 13.9 Å². The topological polar surface area (TPSA) is 39.4 Å². The summed E-state index contributed by atoms with van der Waals surface area (Å²) >= 11 is 0. The number of aryl methyl sites for hydroxylation is 1. The molecular weight excluding hydrogens is 240 g/mol. The lowest BCUT2D eigenvalue weighted by Crippen LogP contribution is -2.22. The van der Waals surface area contributed by atoms with Crippen LogP contribution >= 0.6 is 0 Å². The molecule has 3 nitrogen and oxygen atoms in total. The molecule has 0 fully saturated rings. The normalized spacial score (nSPS) is 26.1. The number of ether oxygens (including phenoxy) is 1. The van der Waals surface area contributed by atoms with Crippen molar-refractivity contribution in [3.63, 3.8) is 0 Å². The second-order valence-electron chi connectivity index (χ2n) is 5.22. The summed E-state index contributed by atoms with van der Waals surface area (Å²) in [6.07, 6.45) is 6.55. The minimum absolute atomic E-state index is 0.0607. The van der Waals surface area contributed by atoms with Crippen LogP contribution in [0.15, 0.2) is 35.0 Å². The maximum atomic E-state index is 12.4. The lowest BCUT2D eigenvalue weighted by molar-refractivity contribution is 0.0772. The lowest BCUT2D eigenvalue weighted by atomic mass is 9.90. The van der Waals surface area contributed by atoms with Gasteiger partial charge in [-0.25, -0.2) is 0 Å². The highest BCUT2D eigenvalue weighted by Gasteiger charge is 2.24. The van der Waals surface area contributed by atoms with Gasteiger partial charge in [-0.05, 0) is 24.0 Å². The molecule has 0 aromatic carbocycles. The van der Waals surface area contributed by atoms with Gasteiger partial charge in [0, 0.05) is 20.0 Å². The molecule has 1 heterocycles. The molecule has 0 radical (unpaired) electrons. The van der Waals surface area contributed by atoms with Gasteiger partial charge in [-0.2, -0.15) is 0 Å². The highest BCUT2D eigenvalue weighted by Crippen LogP contribution is 2.26.